The second kappa shape index (κ2) is 8.43. The van der Waals surface area contributed by atoms with E-state index in [1.807, 2.05) is 16.8 Å². The van der Waals surface area contributed by atoms with Crippen molar-refractivity contribution in [1.29, 1.82) is 0 Å². The summed E-state index contributed by atoms with van der Waals surface area (Å²) in [5.74, 6) is 0. The lowest BCUT2D eigenvalue weighted by atomic mass is 10.0. The van der Waals surface area contributed by atoms with Crippen molar-refractivity contribution in [2.45, 2.75) is 25.4 Å². The fourth-order valence-electron chi connectivity index (χ4n) is 2.81. The van der Waals surface area contributed by atoms with Crippen molar-refractivity contribution in [3.05, 3.63) is 84.4 Å². The molecular formula is C20H23N3O. The monoisotopic (exact) mass is 321 g/mol. The van der Waals surface area contributed by atoms with Crippen LogP contribution in [0.4, 0.5) is 0 Å². The van der Waals surface area contributed by atoms with Crippen LogP contribution in [0.15, 0.2) is 73.3 Å². The van der Waals surface area contributed by atoms with E-state index in [0.29, 0.717) is 0 Å². The molecule has 1 heterocycles. The first-order valence-corrected chi connectivity index (χ1v) is 8.33. The zero-order valence-corrected chi connectivity index (χ0v) is 13.7. The summed E-state index contributed by atoms with van der Waals surface area (Å²) < 4.78 is 1.99. The maximum atomic E-state index is 9.13. The quantitative estimate of drug-likeness (QED) is 0.668. The van der Waals surface area contributed by atoms with Crippen molar-refractivity contribution < 1.29 is 5.11 Å². The number of hydrogen-bond acceptors (Lipinski definition) is 3. The first-order chi connectivity index (χ1) is 11.9. The van der Waals surface area contributed by atoms with E-state index in [2.05, 4.69) is 58.8 Å². The molecule has 0 radical (unpaired) electrons. The molecule has 1 unspecified atom stereocenters. The van der Waals surface area contributed by atoms with Crippen molar-refractivity contribution >= 4 is 0 Å². The highest BCUT2D eigenvalue weighted by Crippen LogP contribution is 2.19. The third kappa shape index (κ3) is 4.31. The molecule has 1 aromatic heterocycles. The maximum Gasteiger partial charge on any atom is 0.0991 e. The van der Waals surface area contributed by atoms with Gasteiger partial charge in [-0.05, 0) is 36.1 Å². The molecule has 0 saturated heterocycles. The number of nitrogens with one attached hydrogen (secondary N) is 1. The molecule has 3 aromatic rings. The molecule has 0 aliphatic rings. The Kier molecular flexibility index (Phi) is 5.77. The molecule has 124 valence electrons. The predicted molar refractivity (Wildman–Crippen MR) is 95.9 cm³/mol. The van der Waals surface area contributed by atoms with Gasteiger partial charge >= 0.3 is 0 Å². The summed E-state index contributed by atoms with van der Waals surface area (Å²) in [5, 5.41) is 12.7. The summed E-state index contributed by atoms with van der Waals surface area (Å²) >= 11 is 0. The minimum Gasteiger partial charge on any atom is -0.396 e. The Morgan fingerprint density at radius 2 is 1.83 bits per heavy atom. The van der Waals surface area contributed by atoms with Crippen molar-refractivity contribution in [3.63, 3.8) is 0 Å². The molecule has 0 spiro atoms. The highest BCUT2D eigenvalue weighted by atomic mass is 16.2. The van der Waals surface area contributed by atoms with E-state index in [0.717, 1.165) is 25.1 Å². The Balaban J connectivity index is 1.63. The van der Waals surface area contributed by atoms with Crippen LogP contribution >= 0.6 is 0 Å². The first kappa shape index (κ1) is 16.4. The smallest absolute Gasteiger partial charge is 0.0991 e. The molecule has 4 heteroatoms. The van der Waals surface area contributed by atoms with E-state index in [1.165, 1.54) is 11.1 Å². The fraction of sp³-hybridized carbons (Fsp3) is 0.250. The van der Waals surface area contributed by atoms with E-state index in [1.54, 1.807) is 12.5 Å². The summed E-state index contributed by atoms with van der Waals surface area (Å²) in [6, 6.07) is 19.1. The maximum absolute atomic E-state index is 9.13. The molecule has 24 heavy (non-hydrogen) atoms. The molecule has 0 bridgehead atoms. The van der Waals surface area contributed by atoms with Crippen LogP contribution in [0.5, 0.6) is 0 Å². The molecule has 2 aromatic carbocycles. The number of benzene rings is 2. The molecule has 0 aliphatic heterocycles. The molecule has 0 amide bonds. The molecule has 4 nitrogen and oxygen atoms in total. The van der Waals surface area contributed by atoms with Gasteiger partial charge in [0.25, 0.3) is 0 Å². The Labute approximate surface area is 142 Å². The minimum absolute atomic E-state index is 0.227. The molecule has 2 N–H and O–H groups in total. The Morgan fingerprint density at radius 3 is 2.50 bits per heavy atom. The zero-order valence-electron chi connectivity index (χ0n) is 13.7. The van der Waals surface area contributed by atoms with Gasteiger partial charge < -0.3 is 15.0 Å². The molecule has 0 fully saturated rings. The first-order valence-electron chi connectivity index (χ1n) is 8.33. The molecular weight excluding hydrogens is 298 g/mol. The number of hydrogen-bond donors (Lipinski definition) is 2. The van der Waals surface area contributed by atoms with Crippen LogP contribution in [-0.2, 0) is 6.54 Å². The summed E-state index contributed by atoms with van der Waals surface area (Å²) in [6.45, 7) is 1.03. The Morgan fingerprint density at radius 1 is 1.04 bits per heavy atom. The summed E-state index contributed by atoms with van der Waals surface area (Å²) in [7, 11) is 0. The van der Waals surface area contributed by atoms with Gasteiger partial charge in [0.15, 0.2) is 0 Å². The average Bonchev–Trinajstić information content (AvgIpc) is 3.18. The lowest BCUT2D eigenvalue weighted by molar-refractivity contribution is 0.275. The number of rotatable bonds is 8. The number of aliphatic hydroxyl groups excluding tert-OH is 1. The van der Waals surface area contributed by atoms with Crippen molar-refractivity contribution in [3.8, 4) is 5.69 Å². The van der Waals surface area contributed by atoms with Gasteiger partial charge in [-0.15, -0.1) is 0 Å². The highest BCUT2D eigenvalue weighted by Gasteiger charge is 2.10. The second-order valence-corrected chi connectivity index (χ2v) is 5.85. The number of nitrogens with zero attached hydrogens (tertiary/aromatic N) is 2. The summed E-state index contributed by atoms with van der Waals surface area (Å²) in [6.07, 6.45) is 7.24. The van der Waals surface area contributed by atoms with Crippen molar-refractivity contribution in [2.24, 2.45) is 0 Å². The molecule has 1 atom stereocenters. The van der Waals surface area contributed by atoms with E-state index < -0.39 is 0 Å². The number of aromatic nitrogens is 2. The Bertz CT molecular complexity index is 708. The van der Waals surface area contributed by atoms with Crippen LogP contribution in [0.3, 0.4) is 0 Å². The topological polar surface area (TPSA) is 50.1 Å². The molecule has 0 aliphatic carbocycles. The second-order valence-electron chi connectivity index (χ2n) is 5.85. The lowest BCUT2D eigenvalue weighted by Gasteiger charge is -2.19. The normalized spacial score (nSPS) is 12.2. The highest BCUT2D eigenvalue weighted by molar-refractivity contribution is 5.34. The van der Waals surface area contributed by atoms with E-state index >= 15 is 0 Å². The lowest BCUT2D eigenvalue weighted by Crippen LogP contribution is -2.21. The van der Waals surface area contributed by atoms with Crippen molar-refractivity contribution in [2.75, 3.05) is 6.61 Å². The number of aliphatic hydroxyl groups is 1. The van der Waals surface area contributed by atoms with Gasteiger partial charge in [0, 0.05) is 37.3 Å². The van der Waals surface area contributed by atoms with E-state index in [4.69, 9.17) is 5.11 Å². The Hall–Kier alpha value is -2.43. The molecule has 3 rings (SSSR count). The van der Waals surface area contributed by atoms with Gasteiger partial charge in [0.1, 0.15) is 0 Å². The van der Waals surface area contributed by atoms with E-state index in [9.17, 15) is 0 Å². The van der Waals surface area contributed by atoms with Crippen LogP contribution in [0, 0.1) is 0 Å². The van der Waals surface area contributed by atoms with Gasteiger partial charge in [0.05, 0.1) is 6.33 Å². The minimum atomic E-state index is 0.227. The predicted octanol–water partition coefficient (Wildman–Crippen LogP) is 3.48. The van der Waals surface area contributed by atoms with Crippen LogP contribution in [0.2, 0.25) is 0 Å². The summed E-state index contributed by atoms with van der Waals surface area (Å²) in [4.78, 5) is 4.07. The van der Waals surface area contributed by atoms with Crippen LogP contribution < -0.4 is 5.32 Å². The van der Waals surface area contributed by atoms with Gasteiger partial charge in [0.2, 0.25) is 0 Å². The van der Waals surface area contributed by atoms with Crippen LogP contribution in [-0.4, -0.2) is 21.3 Å². The molecule has 0 saturated carbocycles. The van der Waals surface area contributed by atoms with Crippen LogP contribution in [0.25, 0.3) is 5.69 Å². The third-order valence-corrected chi connectivity index (χ3v) is 4.14. The van der Waals surface area contributed by atoms with Gasteiger partial charge in [-0.1, -0.05) is 42.5 Å². The zero-order chi connectivity index (χ0) is 16.6. The number of imidazole rings is 1. The van der Waals surface area contributed by atoms with Gasteiger partial charge in [-0.25, -0.2) is 4.98 Å². The van der Waals surface area contributed by atoms with Crippen molar-refractivity contribution in [1.82, 2.24) is 14.9 Å². The van der Waals surface area contributed by atoms with E-state index in [-0.39, 0.29) is 12.6 Å². The van der Waals surface area contributed by atoms with Crippen LogP contribution in [0.1, 0.15) is 30.0 Å². The SMILES string of the molecule is OCCCC(NCc1ccc(-n2ccnc2)cc1)c1ccccc1. The average molecular weight is 321 g/mol. The fourth-order valence-corrected chi connectivity index (χ4v) is 2.81. The third-order valence-electron chi connectivity index (χ3n) is 4.14. The van der Waals surface area contributed by atoms with Gasteiger partial charge in [-0.2, -0.15) is 0 Å². The standard InChI is InChI=1S/C20H23N3O/c24-14-4-7-20(18-5-2-1-3-6-18)22-15-17-8-10-19(11-9-17)23-13-12-21-16-23/h1-3,5-6,8-13,16,20,22,24H,4,7,14-15H2. The van der Waals surface area contributed by atoms with Gasteiger partial charge in [-0.3, -0.25) is 0 Å². The summed E-state index contributed by atoms with van der Waals surface area (Å²) in [5.41, 5.74) is 3.61. The largest absolute Gasteiger partial charge is 0.396 e.